The third kappa shape index (κ3) is 0.837. The molecule has 2 aromatic rings. The highest BCUT2D eigenvalue weighted by atomic mass is 15.2. The molecular weight excluding hydrogens is 166 g/mol. The molecule has 0 amide bonds. The van der Waals surface area contributed by atoms with E-state index >= 15 is 0 Å². The molecule has 0 spiro atoms. The van der Waals surface area contributed by atoms with Crippen LogP contribution in [0.4, 0.5) is 5.82 Å². The molecule has 0 bridgehead atoms. The van der Waals surface area contributed by atoms with E-state index in [0.717, 1.165) is 29.3 Å². The maximum absolute atomic E-state index is 4.23. The lowest BCUT2D eigenvalue weighted by Gasteiger charge is -2.14. The number of nitrogens with one attached hydrogen (secondary N) is 2. The average molecular weight is 173 g/mol. The minimum atomic E-state index is 0.737. The van der Waals surface area contributed by atoms with Gasteiger partial charge < -0.3 is 10.3 Å². The lowest BCUT2D eigenvalue weighted by atomic mass is 10.1. The predicted molar refractivity (Wildman–Crippen MR) is 46.9 cm³/mol. The van der Waals surface area contributed by atoms with Crippen LogP contribution in [0.15, 0.2) is 18.6 Å². The summed E-state index contributed by atoms with van der Waals surface area (Å²) < 4.78 is 0. The topological polar surface area (TPSA) is 66.5 Å². The normalized spacial score (nSPS) is 12.9. The van der Waals surface area contributed by atoms with Crippen molar-refractivity contribution < 1.29 is 0 Å². The van der Waals surface area contributed by atoms with Crippen LogP contribution in [0.2, 0.25) is 0 Å². The minimum Gasteiger partial charge on any atom is -0.362 e. The zero-order valence-electron chi connectivity index (χ0n) is 6.78. The summed E-state index contributed by atoms with van der Waals surface area (Å²) in [6.45, 7) is 0.737. The van der Waals surface area contributed by atoms with Crippen LogP contribution in [-0.2, 0) is 6.54 Å². The van der Waals surface area contributed by atoms with Crippen LogP contribution in [0.5, 0.6) is 0 Å². The van der Waals surface area contributed by atoms with Crippen molar-refractivity contribution in [1.82, 2.24) is 20.2 Å². The first-order valence-corrected chi connectivity index (χ1v) is 4.03. The van der Waals surface area contributed by atoms with Gasteiger partial charge in [0, 0.05) is 5.56 Å². The Bertz CT molecular complexity index is 447. The molecule has 3 rings (SSSR count). The molecule has 0 saturated heterocycles. The Kier molecular flexibility index (Phi) is 1.16. The molecule has 64 valence electrons. The quantitative estimate of drug-likeness (QED) is 0.618. The molecule has 0 atom stereocenters. The number of aromatic amines is 1. The SMILES string of the molecule is c1cc2c(nn1)NCc1[nH]cnc1-2. The maximum atomic E-state index is 4.23. The summed E-state index contributed by atoms with van der Waals surface area (Å²) in [4.78, 5) is 7.31. The molecule has 2 N–H and O–H groups in total. The monoisotopic (exact) mass is 173 g/mol. The van der Waals surface area contributed by atoms with Crippen LogP contribution in [0, 0.1) is 0 Å². The summed E-state index contributed by atoms with van der Waals surface area (Å²) in [5.74, 6) is 0.808. The van der Waals surface area contributed by atoms with Gasteiger partial charge in [-0.25, -0.2) is 4.98 Å². The van der Waals surface area contributed by atoms with Crippen LogP contribution in [0.25, 0.3) is 11.3 Å². The summed E-state index contributed by atoms with van der Waals surface area (Å²) in [5, 5.41) is 10.9. The third-order valence-corrected chi connectivity index (χ3v) is 2.13. The molecule has 2 aromatic heterocycles. The number of H-pyrrole nitrogens is 1. The number of aromatic nitrogens is 4. The van der Waals surface area contributed by atoms with Crippen molar-refractivity contribution >= 4 is 5.82 Å². The highest BCUT2D eigenvalue weighted by Crippen LogP contribution is 2.30. The molecule has 0 fully saturated rings. The van der Waals surface area contributed by atoms with Crippen molar-refractivity contribution in [3.8, 4) is 11.3 Å². The van der Waals surface area contributed by atoms with Gasteiger partial charge in [0.25, 0.3) is 0 Å². The highest BCUT2D eigenvalue weighted by molar-refractivity contribution is 5.76. The maximum Gasteiger partial charge on any atom is 0.158 e. The molecule has 5 heteroatoms. The van der Waals surface area contributed by atoms with Gasteiger partial charge in [-0.2, -0.15) is 5.10 Å². The number of anilines is 1. The highest BCUT2D eigenvalue weighted by Gasteiger charge is 2.18. The van der Waals surface area contributed by atoms with E-state index in [1.165, 1.54) is 0 Å². The molecule has 0 aliphatic carbocycles. The Labute approximate surface area is 74.2 Å². The Balaban J connectivity index is 2.30. The minimum absolute atomic E-state index is 0.737. The summed E-state index contributed by atoms with van der Waals surface area (Å²) in [7, 11) is 0. The van der Waals surface area contributed by atoms with E-state index < -0.39 is 0 Å². The van der Waals surface area contributed by atoms with Gasteiger partial charge in [-0.05, 0) is 6.07 Å². The van der Waals surface area contributed by atoms with E-state index in [9.17, 15) is 0 Å². The van der Waals surface area contributed by atoms with Gasteiger partial charge in [0.2, 0.25) is 0 Å². The molecule has 0 saturated carbocycles. The molecule has 3 heterocycles. The first-order valence-electron chi connectivity index (χ1n) is 4.03. The third-order valence-electron chi connectivity index (χ3n) is 2.13. The zero-order valence-corrected chi connectivity index (χ0v) is 6.78. The number of rotatable bonds is 0. The van der Waals surface area contributed by atoms with Crippen LogP contribution in [-0.4, -0.2) is 20.2 Å². The Morgan fingerprint density at radius 3 is 3.38 bits per heavy atom. The standard InChI is InChI=1S/C8H7N5/c1-2-12-13-8-5(1)7-6(3-9-8)10-4-11-7/h1-2,4H,3H2,(H,9,13)(H,10,11). The Hall–Kier alpha value is -1.91. The Morgan fingerprint density at radius 2 is 2.38 bits per heavy atom. The molecule has 5 nitrogen and oxygen atoms in total. The summed E-state index contributed by atoms with van der Waals surface area (Å²) in [5.41, 5.74) is 3.08. The lowest BCUT2D eigenvalue weighted by molar-refractivity contribution is 0.970. The smallest absolute Gasteiger partial charge is 0.158 e. The van der Waals surface area contributed by atoms with E-state index in [4.69, 9.17) is 0 Å². The van der Waals surface area contributed by atoms with Crippen LogP contribution >= 0.6 is 0 Å². The van der Waals surface area contributed by atoms with Crippen LogP contribution in [0.3, 0.4) is 0 Å². The van der Waals surface area contributed by atoms with Crippen LogP contribution in [0.1, 0.15) is 5.69 Å². The lowest BCUT2D eigenvalue weighted by Crippen LogP contribution is -2.10. The first-order chi connectivity index (χ1) is 6.45. The molecule has 13 heavy (non-hydrogen) atoms. The summed E-state index contributed by atoms with van der Waals surface area (Å²) in [6.07, 6.45) is 3.37. The zero-order chi connectivity index (χ0) is 8.67. The second-order valence-electron chi connectivity index (χ2n) is 2.88. The van der Waals surface area contributed by atoms with E-state index in [1.54, 1.807) is 12.5 Å². The van der Waals surface area contributed by atoms with Gasteiger partial charge in [-0.3, -0.25) is 0 Å². The van der Waals surface area contributed by atoms with E-state index in [2.05, 4.69) is 25.5 Å². The number of hydrogen-bond donors (Lipinski definition) is 2. The van der Waals surface area contributed by atoms with Crippen molar-refractivity contribution in [2.24, 2.45) is 0 Å². The number of hydrogen-bond acceptors (Lipinski definition) is 4. The average Bonchev–Trinajstić information content (AvgIpc) is 2.65. The van der Waals surface area contributed by atoms with Crippen molar-refractivity contribution in [2.45, 2.75) is 6.54 Å². The predicted octanol–water partition coefficient (Wildman–Crippen LogP) is 0.792. The molecular formula is C8H7N5. The molecule has 0 radical (unpaired) electrons. The molecule has 0 aromatic carbocycles. The van der Waals surface area contributed by atoms with Crippen molar-refractivity contribution in [2.75, 3.05) is 5.32 Å². The van der Waals surface area contributed by atoms with Gasteiger partial charge in [0.1, 0.15) is 0 Å². The Morgan fingerprint density at radius 1 is 1.38 bits per heavy atom. The number of nitrogens with zero attached hydrogens (tertiary/aromatic N) is 3. The largest absolute Gasteiger partial charge is 0.362 e. The second kappa shape index (κ2) is 2.29. The van der Waals surface area contributed by atoms with Gasteiger partial charge in [0.15, 0.2) is 5.82 Å². The molecule has 0 unspecified atom stereocenters. The van der Waals surface area contributed by atoms with Gasteiger partial charge >= 0.3 is 0 Å². The summed E-state index contributed by atoms with van der Waals surface area (Å²) >= 11 is 0. The second-order valence-corrected chi connectivity index (χ2v) is 2.88. The molecule has 1 aliphatic heterocycles. The van der Waals surface area contributed by atoms with Gasteiger partial charge in [-0.15, -0.1) is 5.10 Å². The van der Waals surface area contributed by atoms with Crippen molar-refractivity contribution in [1.29, 1.82) is 0 Å². The van der Waals surface area contributed by atoms with E-state index in [0.29, 0.717) is 0 Å². The molecule has 1 aliphatic rings. The fourth-order valence-electron chi connectivity index (χ4n) is 1.51. The number of fused-ring (bicyclic) bond motifs is 3. The van der Waals surface area contributed by atoms with Crippen molar-refractivity contribution in [3.05, 3.63) is 24.3 Å². The van der Waals surface area contributed by atoms with E-state index in [1.807, 2.05) is 6.07 Å². The summed E-state index contributed by atoms with van der Waals surface area (Å²) in [6, 6.07) is 1.91. The fraction of sp³-hybridized carbons (Fsp3) is 0.125. The number of imidazole rings is 1. The van der Waals surface area contributed by atoms with Crippen LogP contribution < -0.4 is 5.32 Å². The fourth-order valence-corrected chi connectivity index (χ4v) is 1.51. The van der Waals surface area contributed by atoms with E-state index in [-0.39, 0.29) is 0 Å². The first kappa shape index (κ1) is 6.59. The van der Waals surface area contributed by atoms with Gasteiger partial charge in [0.05, 0.1) is 30.5 Å². The van der Waals surface area contributed by atoms with Crippen molar-refractivity contribution in [3.63, 3.8) is 0 Å². The van der Waals surface area contributed by atoms with Gasteiger partial charge in [-0.1, -0.05) is 0 Å².